The van der Waals surface area contributed by atoms with Crippen molar-refractivity contribution in [2.45, 2.75) is 72.9 Å². The molecule has 0 aliphatic carbocycles. The summed E-state index contributed by atoms with van der Waals surface area (Å²) < 4.78 is 13.9. The standard InChI is InChI=1S/C28H44NO2/c1-9-30-24(6)29(7,8)28(20-23(4)5,31-21-25-15-11-10-12-16-25)27-18-14-13-17-26(27)19-22(2)3/h10-18,22-24H,9,19-21H2,1-8H3/q+1. The van der Waals surface area contributed by atoms with E-state index in [4.69, 9.17) is 9.47 Å². The Bertz CT molecular complexity index is 785. The molecule has 31 heavy (non-hydrogen) atoms. The van der Waals surface area contributed by atoms with E-state index in [2.05, 4.69) is 110 Å². The first-order valence-corrected chi connectivity index (χ1v) is 11.9. The minimum absolute atomic E-state index is 0.00775. The smallest absolute Gasteiger partial charge is 0.232 e. The highest BCUT2D eigenvalue weighted by molar-refractivity contribution is 5.32. The first-order chi connectivity index (χ1) is 14.6. The van der Waals surface area contributed by atoms with Gasteiger partial charge in [-0.05, 0) is 42.4 Å². The fraction of sp³-hybridized carbons (Fsp3) is 0.571. The first kappa shape index (κ1) is 25.6. The van der Waals surface area contributed by atoms with Gasteiger partial charge >= 0.3 is 0 Å². The van der Waals surface area contributed by atoms with Gasteiger partial charge in [-0.1, -0.05) is 76.2 Å². The van der Waals surface area contributed by atoms with Crippen LogP contribution in [-0.2, 0) is 28.2 Å². The second-order valence-corrected chi connectivity index (χ2v) is 10.0. The van der Waals surface area contributed by atoms with Gasteiger partial charge in [0.25, 0.3) is 0 Å². The zero-order valence-electron chi connectivity index (χ0n) is 21.0. The number of nitrogens with zero attached hydrogens (tertiary/aromatic N) is 1. The van der Waals surface area contributed by atoms with Crippen LogP contribution < -0.4 is 0 Å². The van der Waals surface area contributed by atoms with Crippen molar-refractivity contribution in [3.05, 3.63) is 71.3 Å². The molecule has 0 saturated carbocycles. The Morgan fingerprint density at radius 2 is 1.45 bits per heavy atom. The van der Waals surface area contributed by atoms with Crippen molar-refractivity contribution in [1.82, 2.24) is 0 Å². The van der Waals surface area contributed by atoms with Crippen molar-refractivity contribution >= 4 is 0 Å². The highest BCUT2D eigenvalue weighted by Gasteiger charge is 2.53. The molecule has 0 amide bonds. The maximum atomic E-state index is 7.06. The molecule has 2 atom stereocenters. The van der Waals surface area contributed by atoms with E-state index in [0.29, 0.717) is 29.5 Å². The van der Waals surface area contributed by atoms with Crippen LogP contribution in [0.3, 0.4) is 0 Å². The average molecular weight is 427 g/mol. The van der Waals surface area contributed by atoms with Crippen LogP contribution in [0.2, 0.25) is 0 Å². The van der Waals surface area contributed by atoms with Gasteiger partial charge < -0.3 is 9.47 Å². The van der Waals surface area contributed by atoms with Gasteiger partial charge in [0.15, 0.2) is 6.23 Å². The largest absolute Gasteiger partial charge is 0.330 e. The van der Waals surface area contributed by atoms with Crippen LogP contribution in [0.25, 0.3) is 0 Å². The fourth-order valence-electron chi connectivity index (χ4n) is 4.53. The minimum Gasteiger partial charge on any atom is -0.330 e. The van der Waals surface area contributed by atoms with E-state index in [-0.39, 0.29) is 6.23 Å². The van der Waals surface area contributed by atoms with Gasteiger partial charge in [0, 0.05) is 18.9 Å². The Balaban J connectivity index is 2.67. The lowest BCUT2D eigenvalue weighted by atomic mass is 9.84. The summed E-state index contributed by atoms with van der Waals surface area (Å²) in [7, 11) is 4.53. The molecule has 0 saturated heterocycles. The topological polar surface area (TPSA) is 18.5 Å². The van der Waals surface area contributed by atoms with Gasteiger partial charge in [-0.3, -0.25) is 4.48 Å². The van der Waals surface area contributed by atoms with Gasteiger partial charge in [-0.25, -0.2) is 0 Å². The predicted octanol–water partition coefficient (Wildman–Crippen LogP) is 6.76. The van der Waals surface area contributed by atoms with Crippen molar-refractivity contribution in [1.29, 1.82) is 0 Å². The quantitative estimate of drug-likeness (QED) is 0.276. The number of hydrogen-bond acceptors (Lipinski definition) is 2. The molecule has 2 unspecified atom stereocenters. The van der Waals surface area contributed by atoms with Crippen LogP contribution in [0, 0.1) is 11.8 Å². The Hall–Kier alpha value is -1.68. The summed E-state index contributed by atoms with van der Waals surface area (Å²) in [4.78, 5) is 0. The third-order valence-electron chi connectivity index (χ3n) is 6.32. The summed E-state index contributed by atoms with van der Waals surface area (Å²) in [6.07, 6.45) is 1.94. The molecule has 2 aromatic rings. The molecule has 0 fully saturated rings. The maximum Gasteiger partial charge on any atom is 0.232 e. The third kappa shape index (κ3) is 6.19. The van der Waals surface area contributed by atoms with Crippen molar-refractivity contribution in [2.24, 2.45) is 11.8 Å². The van der Waals surface area contributed by atoms with Crippen LogP contribution in [0.5, 0.6) is 0 Å². The van der Waals surface area contributed by atoms with Crippen LogP contribution in [-0.4, -0.2) is 31.4 Å². The molecule has 0 heterocycles. The monoisotopic (exact) mass is 426 g/mol. The van der Waals surface area contributed by atoms with E-state index < -0.39 is 5.72 Å². The number of quaternary nitrogens is 1. The predicted molar refractivity (Wildman–Crippen MR) is 131 cm³/mol. The van der Waals surface area contributed by atoms with Gasteiger partial charge in [0.1, 0.15) is 0 Å². The molecule has 3 nitrogen and oxygen atoms in total. The highest BCUT2D eigenvalue weighted by Crippen LogP contribution is 2.44. The normalized spacial score (nSPS) is 15.3. The van der Waals surface area contributed by atoms with E-state index in [9.17, 15) is 0 Å². The second kappa shape index (κ2) is 11.3. The van der Waals surface area contributed by atoms with Gasteiger partial charge in [0.05, 0.1) is 27.3 Å². The first-order valence-electron chi connectivity index (χ1n) is 11.9. The lowest BCUT2D eigenvalue weighted by molar-refractivity contribution is -1.02. The zero-order chi connectivity index (χ0) is 23.1. The summed E-state index contributed by atoms with van der Waals surface area (Å²) in [5.74, 6) is 1.04. The summed E-state index contributed by atoms with van der Waals surface area (Å²) in [6.45, 7) is 14.7. The highest BCUT2D eigenvalue weighted by atomic mass is 16.5. The Morgan fingerprint density at radius 1 is 0.839 bits per heavy atom. The van der Waals surface area contributed by atoms with E-state index in [0.717, 1.165) is 12.8 Å². The number of rotatable bonds is 12. The molecule has 0 bridgehead atoms. The molecule has 172 valence electrons. The number of hydrogen-bond donors (Lipinski definition) is 0. The fourth-order valence-corrected chi connectivity index (χ4v) is 4.53. The zero-order valence-corrected chi connectivity index (χ0v) is 21.0. The Morgan fingerprint density at radius 3 is 2.03 bits per heavy atom. The second-order valence-electron chi connectivity index (χ2n) is 10.0. The number of benzene rings is 2. The Labute approximate surface area is 191 Å². The lowest BCUT2D eigenvalue weighted by Crippen LogP contribution is -2.64. The molecule has 2 rings (SSSR count). The van der Waals surface area contributed by atoms with Crippen molar-refractivity contribution in [3.8, 4) is 0 Å². The minimum atomic E-state index is -0.524. The van der Waals surface area contributed by atoms with Crippen LogP contribution in [0.1, 0.15) is 64.7 Å². The molecule has 0 radical (unpaired) electrons. The molecule has 0 aliphatic heterocycles. The molecule has 2 aromatic carbocycles. The molecule has 0 aliphatic rings. The molecular weight excluding hydrogens is 382 g/mol. The molecule has 0 spiro atoms. The summed E-state index contributed by atoms with van der Waals surface area (Å²) in [5, 5.41) is 0. The van der Waals surface area contributed by atoms with Crippen molar-refractivity contribution in [2.75, 3.05) is 20.7 Å². The summed E-state index contributed by atoms with van der Waals surface area (Å²) in [6, 6.07) is 19.4. The molecule has 0 N–H and O–H groups in total. The summed E-state index contributed by atoms with van der Waals surface area (Å²) >= 11 is 0. The van der Waals surface area contributed by atoms with Crippen LogP contribution in [0.4, 0.5) is 0 Å². The summed E-state index contributed by atoms with van der Waals surface area (Å²) in [5.41, 5.74) is 3.34. The average Bonchev–Trinajstić information content (AvgIpc) is 2.71. The van der Waals surface area contributed by atoms with Crippen molar-refractivity contribution < 1.29 is 14.0 Å². The van der Waals surface area contributed by atoms with Crippen LogP contribution >= 0.6 is 0 Å². The van der Waals surface area contributed by atoms with Crippen molar-refractivity contribution in [3.63, 3.8) is 0 Å². The van der Waals surface area contributed by atoms with Crippen LogP contribution in [0.15, 0.2) is 54.6 Å². The molecular formula is C28H44NO2+. The van der Waals surface area contributed by atoms with Gasteiger partial charge in [-0.2, -0.15) is 0 Å². The molecule has 3 heteroatoms. The van der Waals surface area contributed by atoms with E-state index in [1.165, 1.54) is 16.7 Å². The molecule has 0 aromatic heterocycles. The van der Waals surface area contributed by atoms with E-state index >= 15 is 0 Å². The SMILES string of the molecule is CCOC(C)[N+](C)(C)C(CC(C)C)(OCc1ccccc1)c1ccccc1CC(C)C. The van der Waals surface area contributed by atoms with Gasteiger partial charge in [0.2, 0.25) is 5.72 Å². The van der Waals surface area contributed by atoms with E-state index in [1.807, 2.05) is 0 Å². The third-order valence-corrected chi connectivity index (χ3v) is 6.32. The maximum absolute atomic E-state index is 7.06. The Kier molecular flexibility index (Phi) is 9.29. The number of ether oxygens (including phenoxy) is 2. The van der Waals surface area contributed by atoms with E-state index in [1.54, 1.807) is 0 Å². The van der Waals surface area contributed by atoms with Gasteiger partial charge in [-0.15, -0.1) is 0 Å². The lowest BCUT2D eigenvalue weighted by Gasteiger charge is -2.52.